The Hall–Kier alpha value is -1.49. The number of anilines is 1. The lowest BCUT2D eigenvalue weighted by Crippen LogP contribution is -2.05. The van der Waals surface area contributed by atoms with Crippen molar-refractivity contribution in [1.29, 1.82) is 0 Å². The molecule has 0 aliphatic carbocycles. The van der Waals surface area contributed by atoms with Gasteiger partial charge in [0.15, 0.2) is 10.8 Å². The number of hydrogen-bond donors (Lipinski definition) is 1. The molecule has 0 saturated heterocycles. The minimum Gasteiger partial charge on any atom is -0.370 e. The lowest BCUT2D eigenvalue weighted by atomic mass is 10.2. The molecule has 2 aromatic rings. The van der Waals surface area contributed by atoms with Crippen LogP contribution >= 0.6 is 11.3 Å². The zero-order chi connectivity index (χ0) is 11.5. The topological polar surface area (TPSA) is 50.7 Å². The molecule has 2 aromatic heterocycles. The van der Waals surface area contributed by atoms with Gasteiger partial charge in [-0.15, -0.1) is 11.3 Å². The Balaban J connectivity index is 2.48. The number of hydrogen-bond acceptors (Lipinski definition) is 5. The average molecular weight is 234 g/mol. The summed E-state index contributed by atoms with van der Waals surface area (Å²) in [5.74, 6) is 1.61. The van der Waals surface area contributed by atoms with Crippen LogP contribution in [0, 0.1) is 13.8 Å². The number of aryl methyl sites for hydroxylation is 1. The molecule has 4 nitrogen and oxygen atoms in total. The second-order valence-corrected chi connectivity index (χ2v) is 4.37. The van der Waals surface area contributed by atoms with Gasteiger partial charge in [0, 0.05) is 29.4 Å². The maximum Gasteiger partial charge on any atom is 0.190 e. The molecule has 0 aromatic carbocycles. The van der Waals surface area contributed by atoms with Crippen molar-refractivity contribution in [3.8, 4) is 10.8 Å². The molecule has 16 heavy (non-hydrogen) atoms. The van der Waals surface area contributed by atoms with E-state index >= 15 is 0 Å². The number of aromatic nitrogens is 3. The van der Waals surface area contributed by atoms with Crippen LogP contribution < -0.4 is 5.32 Å². The summed E-state index contributed by atoms with van der Waals surface area (Å²) in [6.07, 6.45) is 1.77. The Morgan fingerprint density at radius 1 is 1.31 bits per heavy atom. The first-order valence-electron chi connectivity index (χ1n) is 5.21. The lowest BCUT2D eigenvalue weighted by Gasteiger charge is -2.09. The van der Waals surface area contributed by atoms with Crippen LogP contribution in [-0.4, -0.2) is 21.5 Å². The third-order valence-electron chi connectivity index (χ3n) is 2.36. The molecule has 0 aliphatic heterocycles. The van der Waals surface area contributed by atoms with E-state index in [1.54, 1.807) is 17.5 Å². The van der Waals surface area contributed by atoms with E-state index in [0.717, 1.165) is 28.6 Å². The standard InChI is InChI=1S/C11H14N4S/c1-4-12-9-7(2)8(3)14-10(15-9)11-13-5-6-16-11/h5-6H,4H2,1-3H3,(H,12,14,15). The Bertz CT molecular complexity index is 479. The summed E-state index contributed by atoms with van der Waals surface area (Å²) in [4.78, 5) is 13.2. The van der Waals surface area contributed by atoms with Gasteiger partial charge < -0.3 is 5.32 Å². The zero-order valence-electron chi connectivity index (χ0n) is 9.61. The van der Waals surface area contributed by atoms with E-state index < -0.39 is 0 Å². The van der Waals surface area contributed by atoms with Gasteiger partial charge in [-0.25, -0.2) is 15.0 Å². The predicted molar refractivity (Wildman–Crippen MR) is 66.8 cm³/mol. The van der Waals surface area contributed by atoms with Crippen LogP contribution in [0.5, 0.6) is 0 Å². The van der Waals surface area contributed by atoms with E-state index in [1.807, 2.05) is 19.2 Å². The molecule has 0 fully saturated rings. The highest BCUT2D eigenvalue weighted by molar-refractivity contribution is 7.13. The number of nitrogens with one attached hydrogen (secondary N) is 1. The van der Waals surface area contributed by atoms with Crippen molar-refractivity contribution in [2.24, 2.45) is 0 Å². The van der Waals surface area contributed by atoms with Crippen molar-refractivity contribution in [2.75, 3.05) is 11.9 Å². The summed E-state index contributed by atoms with van der Waals surface area (Å²) in [5, 5.41) is 6.04. The molecule has 5 heteroatoms. The number of thiazole rings is 1. The largest absolute Gasteiger partial charge is 0.370 e. The van der Waals surface area contributed by atoms with Crippen molar-refractivity contribution >= 4 is 17.2 Å². The summed E-state index contributed by atoms with van der Waals surface area (Å²) in [6.45, 7) is 6.93. The van der Waals surface area contributed by atoms with Crippen molar-refractivity contribution in [1.82, 2.24) is 15.0 Å². The lowest BCUT2D eigenvalue weighted by molar-refractivity contribution is 1.04. The molecule has 0 amide bonds. The third-order valence-corrected chi connectivity index (χ3v) is 3.13. The molecule has 0 unspecified atom stereocenters. The molecule has 0 spiro atoms. The van der Waals surface area contributed by atoms with Crippen molar-refractivity contribution in [3.63, 3.8) is 0 Å². The Morgan fingerprint density at radius 2 is 2.12 bits per heavy atom. The molecule has 0 bridgehead atoms. The van der Waals surface area contributed by atoms with Crippen LogP contribution in [0.25, 0.3) is 10.8 Å². The quantitative estimate of drug-likeness (QED) is 0.887. The number of nitrogens with zero attached hydrogens (tertiary/aromatic N) is 3. The fourth-order valence-corrected chi connectivity index (χ4v) is 1.97. The fourth-order valence-electron chi connectivity index (χ4n) is 1.40. The second-order valence-electron chi connectivity index (χ2n) is 3.47. The van der Waals surface area contributed by atoms with Gasteiger partial charge in [-0.3, -0.25) is 0 Å². The Kier molecular flexibility index (Phi) is 3.14. The predicted octanol–water partition coefficient (Wildman–Crippen LogP) is 2.65. The SMILES string of the molecule is CCNc1nc(-c2nccs2)nc(C)c1C. The first-order valence-corrected chi connectivity index (χ1v) is 6.09. The summed E-state index contributed by atoms with van der Waals surface area (Å²) < 4.78 is 0. The van der Waals surface area contributed by atoms with Gasteiger partial charge in [-0.05, 0) is 20.8 Å². The molecule has 0 radical (unpaired) electrons. The van der Waals surface area contributed by atoms with Crippen LogP contribution in [0.2, 0.25) is 0 Å². The van der Waals surface area contributed by atoms with E-state index in [4.69, 9.17) is 0 Å². The van der Waals surface area contributed by atoms with Crippen LogP contribution in [0.3, 0.4) is 0 Å². The van der Waals surface area contributed by atoms with Crippen LogP contribution in [-0.2, 0) is 0 Å². The molecule has 1 N–H and O–H groups in total. The van der Waals surface area contributed by atoms with Crippen LogP contribution in [0.15, 0.2) is 11.6 Å². The summed E-state index contributed by atoms with van der Waals surface area (Å²) in [7, 11) is 0. The molecule has 0 atom stereocenters. The first-order chi connectivity index (χ1) is 7.72. The molecule has 0 saturated carbocycles. The fraction of sp³-hybridized carbons (Fsp3) is 0.364. The van der Waals surface area contributed by atoms with E-state index in [1.165, 1.54) is 0 Å². The van der Waals surface area contributed by atoms with Gasteiger partial charge in [0.2, 0.25) is 0 Å². The van der Waals surface area contributed by atoms with E-state index in [-0.39, 0.29) is 0 Å². The van der Waals surface area contributed by atoms with E-state index in [0.29, 0.717) is 5.82 Å². The van der Waals surface area contributed by atoms with Gasteiger partial charge in [-0.1, -0.05) is 0 Å². The zero-order valence-corrected chi connectivity index (χ0v) is 10.4. The summed E-state index contributed by atoms with van der Waals surface area (Å²) >= 11 is 1.55. The monoisotopic (exact) mass is 234 g/mol. The molecular formula is C11H14N4S. The van der Waals surface area contributed by atoms with Gasteiger partial charge in [0.25, 0.3) is 0 Å². The van der Waals surface area contributed by atoms with Gasteiger partial charge in [-0.2, -0.15) is 0 Å². The molecule has 2 rings (SSSR count). The molecule has 0 aliphatic rings. The van der Waals surface area contributed by atoms with Gasteiger partial charge in [0.1, 0.15) is 5.82 Å². The maximum absolute atomic E-state index is 4.49. The van der Waals surface area contributed by atoms with Gasteiger partial charge in [0.05, 0.1) is 0 Å². The number of rotatable bonds is 3. The normalized spacial score (nSPS) is 10.4. The minimum atomic E-state index is 0.703. The van der Waals surface area contributed by atoms with E-state index in [2.05, 4.69) is 27.2 Å². The van der Waals surface area contributed by atoms with E-state index in [9.17, 15) is 0 Å². The second kappa shape index (κ2) is 4.57. The van der Waals surface area contributed by atoms with Crippen molar-refractivity contribution in [2.45, 2.75) is 20.8 Å². The first kappa shape index (κ1) is 11.0. The summed E-state index contributed by atoms with van der Waals surface area (Å²) in [6, 6.07) is 0. The van der Waals surface area contributed by atoms with Crippen LogP contribution in [0.4, 0.5) is 5.82 Å². The van der Waals surface area contributed by atoms with Crippen LogP contribution in [0.1, 0.15) is 18.2 Å². The molecular weight excluding hydrogens is 220 g/mol. The highest BCUT2D eigenvalue weighted by atomic mass is 32.1. The smallest absolute Gasteiger partial charge is 0.190 e. The Morgan fingerprint density at radius 3 is 2.75 bits per heavy atom. The molecule has 84 valence electrons. The average Bonchev–Trinajstić information content (AvgIpc) is 2.78. The maximum atomic E-state index is 4.49. The third kappa shape index (κ3) is 2.04. The Labute approximate surface area is 98.8 Å². The highest BCUT2D eigenvalue weighted by Crippen LogP contribution is 2.22. The van der Waals surface area contributed by atoms with Crippen molar-refractivity contribution < 1.29 is 0 Å². The summed E-state index contributed by atoms with van der Waals surface area (Å²) in [5.41, 5.74) is 2.10. The minimum absolute atomic E-state index is 0.703. The highest BCUT2D eigenvalue weighted by Gasteiger charge is 2.10. The molecule has 2 heterocycles. The van der Waals surface area contributed by atoms with Gasteiger partial charge >= 0.3 is 0 Å². The van der Waals surface area contributed by atoms with Crippen molar-refractivity contribution in [3.05, 3.63) is 22.8 Å².